The number of ether oxygens (including phenoxy) is 2. The summed E-state index contributed by atoms with van der Waals surface area (Å²) in [6.07, 6.45) is 7.68. The minimum absolute atomic E-state index is 0.276. The van der Waals surface area contributed by atoms with Crippen LogP contribution >= 0.6 is 0 Å². The zero-order valence-electron chi connectivity index (χ0n) is 12.1. The van der Waals surface area contributed by atoms with Crippen LogP contribution in [-0.2, 0) is 10.2 Å². The Labute approximate surface area is 119 Å². The first kappa shape index (κ1) is 14.6. The number of Topliss-reactive ketones (excluding diaryl/α,β-unsaturated/α-hetero) is 1. The molecule has 4 nitrogen and oxygen atoms in total. The van der Waals surface area contributed by atoms with Crippen molar-refractivity contribution in [3.63, 3.8) is 0 Å². The fraction of sp³-hybridized carbons (Fsp3) is 0.500. The Kier molecular flexibility index (Phi) is 4.42. The van der Waals surface area contributed by atoms with Gasteiger partial charge in [0.05, 0.1) is 19.6 Å². The molecule has 4 heteroatoms. The highest BCUT2D eigenvalue weighted by Gasteiger charge is 2.41. The molecule has 0 aliphatic heterocycles. The fourth-order valence-corrected chi connectivity index (χ4v) is 2.97. The van der Waals surface area contributed by atoms with Crippen molar-refractivity contribution in [3.05, 3.63) is 30.5 Å². The Morgan fingerprint density at radius 2 is 2.20 bits per heavy atom. The molecule has 0 amide bonds. The number of ketones is 1. The SMILES string of the molecule is C=CCC1(c2cnc(OC)c(OC)c2)CCCCC1=O. The van der Waals surface area contributed by atoms with Crippen molar-refractivity contribution in [2.75, 3.05) is 14.2 Å². The van der Waals surface area contributed by atoms with E-state index in [4.69, 9.17) is 9.47 Å². The number of carbonyl (C=O) groups excluding carboxylic acids is 1. The molecule has 1 fully saturated rings. The summed E-state index contributed by atoms with van der Waals surface area (Å²) in [5, 5.41) is 0. The lowest BCUT2D eigenvalue weighted by atomic mass is 9.67. The Balaban J connectivity index is 2.48. The zero-order chi connectivity index (χ0) is 14.6. The number of aromatic nitrogens is 1. The summed E-state index contributed by atoms with van der Waals surface area (Å²) in [6, 6.07) is 1.87. The second kappa shape index (κ2) is 6.07. The molecule has 0 spiro atoms. The molecule has 2 rings (SSSR count). The molecule has 1 unspecified atom stereocenters. The third-order valence-electron chi connectivity index (χ3n) is 4.07. The molecular weight excluding hydrogens is 254 g/mol. The summed E-state index contributed by atoms with van der Waals surface area (Å²) in [5.74, 6) is 1.28. The predicted molar refractivity (Wildman–Crippen MR) is 77.3 cm³/mol. The molecule has 108 valence electrons. The number of methoxy groups -OCH3 is 2. The predicted octanol–water partition coefficient (Wildman–Crippen LogP) is 3.06. The molecule has 1 saturated carbocycles. The number of nitrogens with zero attached hydrogens (tertiary/aromatic N) is 1. The van der Waals surface area contributed by atoms with Crippen LogP contribution in [-0.4, -0.2) is 25.0 Å². The van der Waals surface area contributed by atoms with Gasteiger partial charge in [0.1, 0.15) is 5.78 Å². The van der Waals surface area contributed by atoms with Crippen LogP contribution < -0.4 is 9.47 Å². The van der Waals surface area contributed by atoms with Crippen LogP contribution in [0, 0.1) is 0 Å². The lowest BCUT2D eigenvalue weighted by Crippen LogP contribution is -2.38. The molecule has 1 aromatic rings. The van der Waals surface area contributed by atoms with E-state index in [1.807, 2.05) is 12.1 Å². The maximum absolute atomic E-state index is 12.5. The van der Waals surface area contributed by atoms with Gasteiger partial charge in [-0.1, -0.05) is 12.5 Å². The Morgan fingerprint density at radius 3 is 2.80 bits per heavy atom. The van der Waals surface area contributed by atoms with Gasteiger partial charge in [0.15, 0.2) is 5.75 Å². The van der Waals surface area contributed by atoms with Gasteiger partial charge in [-0.2, -0.15) is 0 Å². The van der Waals surface area contributed by atoms with Crippen molar-refractivity contribution < 1.29 is 14.3 Å². The number of carbonyl (C=O) groups is 1. The van der Waals surface area contributed by atoms with E-state index in [1.165, 1.54) is 0 Å². The molecule has 20 heavy (non-hydrogen) atoms. The van der Waals surface area contributed by atoms with Crippen LogP contribution in [0.5, 0.6) is 11.6 Å². The summed E-state index contributed by atoms with van der Waals surface area (Å²) in [4.78, 5) is 16.8. The normalized spacial score (nSPS) is 22.4. The lowest BCUT2D eigenvalue weighted by Gasteiger charge is -2.35. The molecule has 0 radical (unpaired) electrons. The minimum atomic E-state index is -0.494. The number of hydrogen-bond acceptors (Lipinski definition) is 4. The Morgan fingerprint density at radius 1 is 1.40 bits per heavy atom. The van der Waals surface area contributed by atoms with Gasteiger partial charge in [-0.15, -0.1) is 6.58 Å². The van der Waals surface area contributed by atoms with Gasteiger partial charge in [0.2, 0.25) is 0 Å². The first-order valence-corrected chi connectivity index (χ1v) is 6.90. The van der Waals surface area contributed by atoms with Crippen LogP contribution in [0.25, 0.3) is 0 Å². The van der Waals surface area contributed by atoms with E-state index in [0.717, 1.165) is 24.8 Å². The fourth-order valence-electron chi connectivity index (χ4n) is 2.97. The number of pyridine rings is 1. The van der Waals surface area contributed by atoms with Gasteiger partial charge < -0.3 is 9.47 Å². The topological polar surface area (TPSA) is 48.4 Å². The van der Waals surface area contributed by atoms with E-state index in [1.54, 1.807) is 20.4 Å². The molecule has 0 saturated heterocycles. The van der Waals surface area contributed by atoms with Gasteiger partial charge in [-0.3, -0.25) is 4.79 Å². The zero-order valence-corrected chi connectivity index (χ0v) is 12.1. The maximum Gasteiger partial charge on any atom is 0.256 e. The summed E-state index contributed by atoms with van der Waals surface area (Å²) >= 11 is 0. The van der Waals surface area contributed by atoms with Crippen LogP contribution in [0.15, 0.2) is 24.9 Å². The average Bonchev–Trinajstić information content (AvgIpc) is 2.49. The Bertz CT molecular complexity index is 512. The van der Waals surface area contributed by atoms with E-state index < -0.39 is 5.41 Å². The van der Waals surface area contributed by atoms with E-state index in [2.05, 4.69) is 11.6 Å². The number of allylic oxidation sites excluding steroid dienone is 1. The van der Waals surface area contributed by atoms with Gasteiger partial charge in [0, 0.05) is 12.6 Å². The smallest absolute Gasteiger partial charge is 0.256 e. The highest BCUT2D eigenvalue weighted by atomic mass is 16.5. The second-order valence-electron chi connectivity index (χ2n) is 5.14. The van der Waals surface area contributed by atoms with E-state index in [9.17, 15) is 4.79 Å². The summed E-state index contributed by atoms with van der Waals surface area (Å²) in [5.41, 5.74) is 0.409. The summed E-state index contributed by atoms with van der Waals surface area (Å²) in [6.45, 7) is 3.81. The van der Waals surface area contributed by atoms with Crippen molar-refractivity contribution in [3.8, 4) is 11.6 Å². The second-order valence-corrected chi connectivity index (χ2v) is 5.14. The number of rotatable bonds is 5. The highest BCUT2D eigenvalue weighted by molar-refractivity contribution is 5.91. The molecule has 0 aromatic carbocycles. The van der Waals surface area contributed by atoms with Gasteiger partial charge >= 0.3 is 0 Å². The maximum atomic E-state index is 12.5. The van der Waals surface area contributed by atoms with E-state index >= 15 is 0 Å². The van der Waals surface area contributed by atoms with Gasteiger partial charge in [-0.25, -0.2) is 4.98 Å². The first-order chi connectivity index (χ1) is 9.67. The van der Waals surface area contributed by atoms with Crippen molar-refractivity contribution in [2.45, 2.75) is 37.5 Å². The van der Waals surface area contributed by atoms with Crippen LogP contribution in [0.1, 0.15) is 37.7 Å². The molecule has 1 aliphatic carbocycles. The molecule has 0 N–H and O–H groups in total. The first-order valence-electron chi connectivity index (χ1n) is 6.90. The Hall–Kier alpha value is -1.84. The summed E-state index contributed by atoms with van der Waals surface area (Å²) < 4.78 is 10.5. The van der Waals surface area contributed by atoms with E-state index in [0.29, 0.717) is 24.5 Å². The minimum Gasteiger partial charge on any atom is -0.491 e. The monoisotopic (exact) mass is 275 g/mol. The van der Waals surface area contributed by atoms with Crippen LogP contribution in [0.2, 0.25) is 0 Å². The highest BCUT2D eigenvalue weighted by Crippen LogP contribution is 2.41. The van der Waals surface area contributed by atoms with E-state index in [-0.39, 0.29) is 5.78 Å². The van der Waals surface area contributed by atoms with Crippen molar-refractivity contribution >= 4 is 5.78 Å². The van der Waals surface area contributed by atoms with Crippen molar-refractivity contribution in [1.29, 1.82) is 0 Å². The quantitative estimate of drug-likeness (QED) is 0.775. The largest absolute Gasteiger partial charge is 0.491 e. The molecule has 1 heterocycles. The number of hydrogen-bond donors (Lipinski definition) is 0. The molecular formula is C16H21NO3. The van der Waals surface area contributed by atoms with Crippen molar-refractivity contribution in [2.24, 2.45) is 0 Å². The molecule has 1 aliphatic rings. The van der Waals surface area contributed by atoms with Crippen molar-refractivity contribution in [1.82, 2.24) is 4.98 Å². The molecule has 1 atom stereocenters. The summed E-state index contributed by atoms with van der Waals surface area (Å²) in [7, 11) is 3.13. The van der Waals surface area contributed by atoms with Crippen LogP contribution in [0.4, 0.5) is 0 Å². The standard InChI is InChI=1S/C16H21NO3/c1-4-8-16(9-6-5-7-14(16)18)12-10-13(19-2)15(20-3)17-11-12/h4,10-11H,1,5-9H2,2-3H3. The average molecular weight is 275 g/mol. The van der Waals surface area contributed by atoms with Crippen LogP contribution in [0.3, 0.4) is 0 Å². The third kappa shape index (κ3) is 2.42. The van der Waals surface area contributed by atoms with Gasteiger partial charge in [0.25, 0.3) is 5.88 Å². The van der Waals surface area contributed by atoms with Gasteiger partial charge in [-0.05, 0) is 30.9 Å². The lowest BCUT2D eigenvalue weighted by molar-refractivity contribution is -0.126. The third-order valence-corrected chi connectivity index (χ3v) is 4.07. The molecule has 1 aromatic heterocycles. The molecule has 0 bridgehead atoms.